The van der Waals surface area contributed by atoms with Crippen molar-refractivity contribution in [2.75, 3.05) is 37.5 Å². The van der Waals surface area contributed by atoms with Gasteiger partial charge in [-0.25, -0.2) is 4.79 Å². The highest BCUT2D eigenvalue weighted by Crippen LogP contribution is 2.38. The molecule has 0 saturated carbocycles. The average molecular weight is 419 g/mol. The molecule has 3 rings (SSSR count). The minimum absolute atomic E-state index is 0.189. The molecule has 1 aliphatic rings. The molecule has 29 heavy (non-hydrogen) atoms. The number of amides is 1. The summed E-state index contributed by atoms with van der Waals surface area (Å²) < 4.78 is 16.4. The lowest BCUT2D eigenvalue weighted by molar-refractivity contribution is -0.123. The first-order valence-corrected chi connectivity index (χ1v) is 9.61. The summed E-state index contributed by atoms with van der Waals surface area (Å²) in [6.07, 6.45) is -0.275. The zero-order chi connectivity index (χ0) is 21.0. The van der Waals surface area contributed by atoms with Crippen molar-refractivity contribution < 1.29 is 23.8 Å². The van der Waals surface area contributed by atoms with E-state index in [-0.39, 0.29) is 10.6 Å². The molecule has 0 unspecified atom stereocenters. The number of esters is 1. The number of ether oxygens (including phenoxy) is 3. The van der Waals surface area contributed by atoms with Crippen molar-refractivity contribution in [3.05, 3.63) is 47.0 Å². The molecule has 2 aromatic rings. The molecule has 1 amide bonds. The molecule has 2 aromatic carbocycles. The minimum atomic E-state index is -0.995. The summed E-state index contributed by atoms with van der Waals surface area (Å²) >= 11 is 6.21. The monoisotopic (exact) mass is 418 g/mol. The van der Waals surface area contributed by atoms with Crippen LogP contribution in [0.3, 0.4) is 0 Å². The topological polar surface area (TPSA) is 77.1 Å². The van der Waals surface area contributed by atoms with Gasteiger partial charge >= 0.3 is 5.97 Å². The summed E-state index contributed by atoms with van der Waals surface area (Å²) in [5.74, 6) is -0.308. The fraction of sp³-hybridized carbons (Fsp3) is 0.333. The highest BCUT2D eigenvalue weighted by atomic mass is 35.5. The summed E-state index contributed by atoms with van der Waals surface area (Å²) in [6.45, 7) is 2.46. The standard InChI is InChI=1S/C21H23ClN2O5/c1-13(20(25)23-15-5-7-16(8-6-15)24(2)3)29-21(26)14-11-17(22)19-18(12-14)27-9-4-10-28-19/h5-8,11-13H,4,9-10H2,1-3H3,(H,23,25)/t13-/m0/s1. The molecule has 1 N–H and O–H groups in total. The lowest BCUT2D eigenvalue weighted by Crippen LogP contribution is -2.30. The van der Waals surface area contributed by atoms with Crippen LogP contribution in [0.5, 0.6) is 11.5 Å². The van der Waals surface area contributed by atoms with E-state index < -0.39 is 18.0 Å². The Labute approximate surface area is 174 Å². The molecule has 0 radical (unpaired) electrons. The number of anilines is 2. The molecule has 0 bridgehead atoms. The summed E-state index contributed by atoms with van der Waals surface area (Å²) in [5, 5.41) is 2.99. The molecular formula is C21H23ClN2O5. The summed E-state index contributed by atoms with van der Waals surface area (Å²) in [4.78, 5) is 26.8. The van der Waals surface area contributed by atoms with Crippen LogP contribution >= 0.6 is 11.6 Å². The minimum Gasteiger partial charge on any atom is -0.489 e. The highest BCUT2D eigenvalue weighted by molar-refractivity contribution is 6.32. The van der Waals surface area contributed by atoms with Gasteiger partial charge in [-0.15, -0.1) is 0 Å². The molecule has 8 heteroatoms. The van der Waals surface area contributed by atoms with Gasteiger partial charge < -0.3 is 24.4 Å². The third kappa shape index (κ3) is 5.12. The highest BCUT2D eigenvalue weighted by Gasteiger charge is 2.23. The third-order valence-electron chi connectivity index (χ3n) is 4.34. The van der Waals surface area contributed by atoms with Crippen molar-refractivity contribution in [3.63, 3.8) is 0 Å². The number of benzene rings is 2. The largest absolute Gasteiger partial charge is 0.489 e. The molecule has 154 valence electrons. The van der Waals surface area contributed by atoms with Crippen molar-refractivity contribution >= 4 is 34.9 Å². The van der Waals surface area contributed by atoms with Crippen LogP contribution in [0, 0.1) is 0 Å². The van der Waals surface area contributed by atoms with E-state index in [1.54, 1.807) is 12.1 Å². The van der Waals surface area contributed by atoms with Crippen molar-refractivity contribution in [1.82, 2.24) is 0 Å². The molecule has 1 atom stereocenters. The number of carbonyl (C=O) groups excluding carboxylic acids is 2. The zero-order valence-corrected chi connectivity index (χ0v) is 17.3. The number of hydrogen-bond donors (Lipinski definition) is 1. The van der Waals surface area contributed by atoms with E-state index in [4.69, 9.17) is 25.8 Å². The van der Waals surface area contributed by atoms with Gasteiger partial charge in [-0.1, -0.05) is 11.6 Å². The van der Waals surface area contributed by atoms with E-state index in [9.17, 15) is 9.59 Å². The number of hydrogen-bond acceptors (Lipinski definition) is 6. The van der Waals surface area contributed by atoms with E-state index in [0.717, 1.165) is 12.1 Å². The molecule has 0 aromatic heterocycles. The fourth-order valence-electron chi connectivity index (χ4n) is 2.72. The number of nitrogens with zero attached hydrogens (tertiary/aromatic N) is 1. The van der Waals surface area contributed by atoms with Crippen molar-refractivity contribution in [2.24, 2.45) is 0 Å². The van der Waals surface area contributed by atoms with E-state index in [0.29, 0.717) is 30.4 Å². The van der Waals surface area contributed by atoms with Crippen molar-refractivity contribution in [3.8, 4) is 11.5 Å². The Balaban J connectivity index is 1.64. The number of carbonyl (C=O) groups is 2. The Morgan fingerprint density at radius 1 is 1.14 bits per heavy atom. The fourth-order valence-corrected chi connectivity index (χ4v) is 2.98. The van der Waals surface area contributed by atoms with E-state index in [1.807, 2.05) is 31.1 Å². The van der Waals surface area contributed by atoms with Gasteiger partial charge in [-0.2, -0.15) is 0 Å². The van der Waals surface area contributed by atoms with Crippen LogP contribution in [0.15, 0.2) is 36.4 Å². The van der Waals surface area contributed by atoms with Crippen LogP contribution in [-0.2, 0) is 9.53 Å². The number of nitrogens with one attached hydrogen (secondary N) is 1. The number of fused-ring (bicyclic) bond motifs is 1. The predicted molar refractivity (Wildman–Crippen MR) is 111 cm³/mol. The summed E-state index contributed by atoms with van der Waals surface area (Å²) in [7, 11) is 3.86. The molecule has 1 aliphatic heterocycles. The first kappa shape index (κ1) is 20.8. The Kier molecular flexibility index (Phi) is 6.49. The molecule has 0 saturated heterocycles. The van der Waals surface area contributed by atoms with Crippen LogP contribution in [-0.4, -0.2) is 45.3 Å². The van der Waals surface area contributed by atoms with Crippen LogP contribution in [0.1, 0.15) is 23.7 Å². The molecular weight excluding hydrogens is 396 g/mol. The van der Waals surface area contributed by atoms with E-state index >= 15 is 0 Å². The summed E-state index contributed by atoms with van der Waals surface area (Å²) in [6, 6.07) is 10.3. The van der Waals surface area contributed by atoms with Crippen LogP contribution in [0.4, 0.5) is 11.4 Å². The number of rotatable bonds is 5. The second kappa shape index (κ2) is 9.05. The van der Waals surface area contributed by atoms with Gasteiger partial charge in [0.15, 0.2) is 17.6 Å². The molecule has 0 fully saturated rings. The first-order valence-electron chi connectivity index (χ1n) is 9.23. The molecule has 0 spiro atoms. The second-order valence-corrected chi connectivity index (χ2v) is 7.22. The molecule has 0 aliphatic carbocycles. The predicted octanol–water partition coefficient (Wildman–Crippen LogP) is 3.75. The van der Waals surface area contributed by atoms with E-state index in [1.165, 1.54) is 19.1 Å². The van der Waals surface area contributed by atoms with Gasteiger partial charge in [0.2, 0.25) is 0 Å². The maximum Gasteiger partial charge on any atom is 0.339 e. The molecule has 1 heterocycles. The summed E-state index contributed by atoms with van der Waals surface area (Å²) in [5.41, 5.74) is 1.81. The van der Waals surface area contributed by atoms with E-state index in [2.05, 4.69) is 5.32 Å². The van der Waals surface area contributed by atoms with Gasteiger partial charge in [-0.05, 0) is 43.3 Å². The van der Waals surface area contributed by atoms with Crippen LogP contribution < -0.4 is 19.7 Å². The SMILES string of the molecule is C[C@H](OC(=O)c1cc(Cl)c2c(c1)OCCCO2)C(=O)Nc1ccc(N(C)C)cc1. The van der Waals surface area contributed by atoms with Gasteiger partial charge in [0, 0.05) is 31.9 Å². The lowest BCUT2D eigenvalue weighted by atomic mass is 10.2. The third-order valence-corrected chi connectivity index (χ3v) is 4.62. The lowest BCUT2D eigenvalue weighted by Gasteiger charge is -2.16. The maximum atomic E-state index is 12.5. The normalized spacial score (nSPS) is 13.8. The Morgan fingerprint density at radius 2 is 1.83 bits per heavy atom. The number of halogens is 1. The van der Waals surface area contributed by atoms with Crippen LogP contribution in [0.2, 0.25) is 5.02 Å². The Bertz CT molecular complexity index is 899. The first-order chi connectivity index (χ1) is 13.8. The zero-order valence-electron chi connectivity index (χ0n) is 16.5. The van der Waals surface area contributed by atoms with Crippen molar-refractivity contribution in [2.45, 2.75) is 19.4 Å². The van der Waals surface area contributed by atoms with Gasteiger partial charge in [0.25, 0.3) is 5.91 Å². The molecule has 7 nitrogen and oxygen atoms in total. The van der Waals surface area contributed by atoms with Crippen molar-refractivity contribution in [1.29, 1.82) is 0 Å². The smallest absolute Gasteiger partial charge is 0.339 e. The average Bonchev–Trinajstić information content (AvgIpc) is 2.94. The second-order valence-electron chi connectivity index (χ2n) is 6.81. The maximum absolute atomic E-state index is 12.5. The van der Waals surface area contributed by atoms with Gasteiger partial charge in [0.1, 0.15) is 0 Å². The van der Waals surface area contributed by atoms with Gasteiger partial charge in [-0.3, -0.25) is 4.79 Å². The Morgan fingerprint density at radius 3 is 2.52 bits per heavy atom. The Hall–Kier alpha value is -2.93. The van der Waals surface area contributed by atoms with Gasteiger partial charge in [0.05, 0.1) is 23.8 Å². The quantitative estimate of drug-likeness (QED) is 0.745. The van der Waals surface area contributed by atoms with Crippen LogP contribution in [0.25, 0.3) is 0 Å².